The van der Waals surface area contributed by atoms with E-state index in [0.29, 0.717) is 16.5 Å². The van der Waals surface area contributed by atoms with E-state index in [2.05, 4.69) is 0 Å². The number of hydrogen-bond donors (Lipinski definition) is 1. The molecular formula is C17H17ClO4. The molecule has 1 N–H and O–H groups in total. The van der Waals surface area contributed by atoms with Crippen molar-refractivity contribution in [2.45, 2.75) is 19.4 Å². The van der Waals surface area contributed by atoms with E-state index in [0.717, 1.165) is 11.1 Å². The standard InChI is InChI=1S/C17H17ClO4/c1-11-3-8-15(21-2)12(9-11)10-16(17(19)20)22-14-6-4-13(18)5-7-14/h3-9,16H,10H2,1-2H3,(H,19,20). The van der Waals surface area contributed by atoms with Crippen molar-refractivity contribution in [1.82, 2.24) is 0 Å². The summed E-state index contributed by atoms with van der Waals surface area (Å²) in [6.07, 6.45) is -0.792. The highest BCUT2D eigenvalue weighted by molar-refractivity contribution is 6.30. The van der Waals surface area contributed by atoms with Crippen molar-refractivity contribution in [2.75, 3.05) is 7.11 Å². The molecule has 2 rings (SSSR count). The Morgan fingerprint density at radius 3 is 2.50 bits per heavy atom. The van der Waals surface area contributed by atoms with E-state index >= 15 is 0 Å². The van der Waals surface area contributed by atoms with E-state index in [4.69, 9.17) is 21.1 Å². The molecule has 22 heavy (non-hydrogen) atoms. The molecule has 0 heterocycles. The largest absolute Gasteiger partial charge is 0.496 e. The Morgan fingerprint density at radius 2 is 1.91 bits per heavy atom. The van der Waals surface area contributed by atoms with Gasteiger partial charge in [0.05, 0.1) is 7.11 Å². The van der Waals surface area contributed by atoms with Crippen LogP contribution in [-0.4, -0.2) is 24.3 Å². The number of rotatable bonds is 6. The number of carbonyl (C=O) groups is 1. The van der Waals surface area contributed by atoms with Gasteiger partial charge >= 0.3 is 5.97 Å². The topological polar surface area (TPSA) is 55.8 Å². The second-order valence-electron chi connectivity index (χ2n) is 4.92. The number of aryl methyl sites for hydroxylation is 1. The number of aliphatic carboxylic acids is 1. The molecule has 116 valence electrons. The first-order chi connectivity index (χ1) is 10.5. The van der Waals surface area contributed by atoms with Crippen LogP contribution in [0.15, 0.2) is 42.5 Å². The van der Waals surface area contributed by atoms with Gasteiger partial charge in [0.1, 0.15) is 11.5 Å². The molecule has 2 aromatic carbocycles. The summed E-state index contributed by atoms with van der Waals surface area (Å²) in [6.45, 7) is 1.94. The number of ether oxygens (including phenoxy) is 2. The highest BCUT2D eigenvalue weighted by Crippen LogP contribution is 2.23. The van der Waals surface area contributed by atoms with Crippen LogP contribution in [0.1, 0.15) is 11.1 Å². The third kappa shape index (κ3) is 4.15. The fourth-order valence-electron chi connectivity index (χ4n) is 2.12. The van der Waals surface area contributed by atoms with Crippen LogP contribution in [0.5, 0.6) is 11.5 Å². The lowest BCUT2D eigenvalue weighted by Crippen LogP contribution is -2.29. The van der Waals surface area contributed by atoms with Gasteiger partial charge in [-0.3, -0.25) is 0 Å². The molecule has 0 saturated carbocycles. The first-order valence-electron chi connectivity index (χ1n) is 6.78. The van der Waals surface area contributed by atoms with Crippen LogP contribution in [0.25, 0.3) is 0 Å². The zero-order valence-corrected chi connectivity index (χ0v) is 13.1. The van der Waals surface area contributed by atoms with E-state index in [9.17, 15) is 9.90 Å². The van der Waals surface area contributed by atoms with Gasteiger partial charge in [0.15, 0.2) is 6.10 Å². The van der Waals surface area contributed by atoms with Gasteiger partial charge in [0, 0.05) is 11.4 Å². The van der Waals surface area contributed by atoms with Crippen LogP contribution in [0, 0.1) is 6.92 Å². The zero-order valence-electron chi connectivity index (χ0n) is 12.4. The Hall–Kier alpha value is -2.20. The summed E-state index contributed by atoms with van der Waals surface area (Å²) in [4.78, 5) is 11.5. The summed E-state index contributed by atoms with van der Waals surface area (Å²) in [7, 11) is 1.56. The number of carboxylic acid groups (broad SMARTS) is 1. The van der Waals surface area contributed by atoms with Crippen LogP contribution < -0.4 is 9.47 Å². The molecule has 0 aliphatic carbocycles. The highest BCUT2D eigenvalue weighted by Gasteiger charge is 2.22. The Morgan fingerprint density at radius 1 is 1.23 bits per heavy atom. The average Bonchev–Trinajstić information content (AvgIpc) is 2.49. The predicted octanol–water partition coefficient (Wildman–Crippen LogP) is 3.73. The SMILES string of the molecule is COc1ccc(C)cc1CC(Oc1ccc(Cl)cc1)C(=O)O. The van der Waals surface area contributed by atoms with E-state index < -0.39 is 12.1 Å². The molecule has 0 spiro atoms. The third-order valence-electron chi connectivity index (χ3n) is 3.21. The lowest BCUT2D eigenvalue weighted by molar-refractivity contribution is -0.145. The summed E-state index contributed by atoms with van der Waals surface area (Å²) < 4.78 is 10.8. The summed E-state index contributed by atoms with van der Waals surface area (Å²) in [5.41, 5.74) is 1.83. The molecule has 2 aromatic rings. The van der Waals surface area contributed by atoms with Gasteiger partial charge in [0.25, 0.3) is 0 Å². The molecule has 0 amide bonds. The fourth-order valence-corrected chi connectivity index (χ4v) is 2.25. The van der Waals surface area contributed by atoms with Crippen molar-refractivity contribution in [3.05, 3.63) is 58.6 Å². The fraction of sp³-hybridized carbons (Fsp3) is 0.235. The molecule has 0 fully saturated rings. The van der Waals surface area contributed by atoms with Gasteiger partial charge in [-0.05, 0) is 42.8 Å². The molecule has 0 radical (unpaired) electrons. The minimum absolute atomic E-state index is 0.211. The smallest absolute Gasteiger partial charge is 0.345 e. The molecule has 0 bridgehead atoms. The van der Waals surface area contributed by atoms with Gasteiger partial charge in [-0.25, -0.2) is 4.79 Å². The molecule has 0 aliphatic rings. The maximum absolute atomic E-state index is 11.5. The molecule has 0 aliphatic heterocycles. The minimum Gasteiger partial charge on any atom is -0.496 e. The first-order valence-corrected chi connectivity index (χ1v) is 7.16. The van der Waals surface area contributed by atoms with Gasteiger partial charge in [0.2, 0.25) is 0 Å². The highest BCUT2D eigenvalue weighted by atomic mass is 35.5. The van der Waals surface area contributed by atoms with Crippen LogP contribution in [0.4, 0.5) is 0 Å². The summed E-state index contributed by atoms with van der Waals surface area (Å²) in [5, 5.41) is 9.96. The van der Waals surface area contributed by atoms with E-state index in [1.54, 1.807) is 31.4 Å². The number of halogens is 1. The number of carboxylic acids is 1. The van der Waals surface area contributed by atoms with Crippen molar-refractivity contribution >= 4 is 17.6 Å². The van der Waals surface area contributed by atoms with Crippen molar-refractivity contribution in [3.63, 3.8) is 0 Å². The van der Waals surface area contributed by atoms with Crippen molar-refractivity contribution in [2.24, 2.45) is 0 Å². The number of benzene rings is 2. The monoisotopic (exact) mass is 320 g/mol. The van der Waals surface area contributed by atoms with E-state index in [1.807, 2.05) is 25.1 Å². The summed E-state index contributed by atoms with van der Waals surface area (Å²) in [5.74, 6) is 0.0819. The zero-order chi connectivity index (χ0) is 16.1. The second-order valence-corrected chi connectivity index (χ2v) is 5.35. The Labute approximate surface area is 134 Å². The molecule has 5 heteroatoms. The molecule has 1 atom stereocenters. The first kappa shape index (κ1) is 16.2. The molecule has 0 aromatic heterocycles. The molecule has 1 unspecified atom stereocenters. The van der Waals surface area contributed by atoms with Crippen molar-refractivity contribution in [3.8, 4) is 11.5 Å². The normalized spacial score (nSPS) is 11.8. The van der Waals surface area contributed by atoms with Crippen LogP contribution in [0.3, 0.4) is 0 Å². The van der Waals surface area contributed by atoms with E-state index in [-0.39, 0.29) is 6.42 Å². The molecule has 0 saturated heterocycles. The molecular weight excluding hydrogens is 304 g/mol. The van der Waals surface area contributed by atoms with Gasteiger partial charge in [-0.2, -0.15) is 0 Å². The lowest BCUT2D eigenvalue weighted by atomic mass is 10.0. The van der Waals surface area contributed by atoms with Crippen LogP contribution >= 0.6 is 11.6 Å². The average molecular weight is 321 g/mol. The Kier molecular flexibility index (Phi) is 5.28. The third-order valence-corrected chi connectivity index (χ3v) is 3.46. The predicted molar refractivity (Wildman–Crippen MR) is 84.9 cm³/mol. The maximum Gasteiger partial charge on any atom is 0.345 e. The van der Waals surface area contributed by atoms with Crippen molar-refractivity contribution in [1.29, 1.82) is 0 Å². The second kappa shape index (κ2) is 7.18. The van der Waals surface area contributed by atoms with Crippen LogP contribution in [0.2, 0.25) is 5.02 Å². The summed E-state index contributed by atoms with van der Waals surface area (Å²) >= 11 is 5.81. The Balaban J connectivity index is 2.20. The van der Waals surface area contributed by atoms with Crippen molar-refractivity contribution < 1.29 is 19.4 Å². The van der Waals surface area contributed by atoms with Gasteiger partial charge < -0.3 is 14.6 Å². The quantitative estimate of drug-likeness (QED) is 0.881. The number of methoxy groups -OCH3 is 1. The van der Waals surface area contributed by atoms with Crippen LogP contribution in [-0.2, 0) is 11.2 Å². The van der Waals surface area contributed by atoms with Gasteiger partial charge in [-0.1, -0.05) is 29.3 Å². The maximum atomic E-state index is 11.5. The molecule has 4 nitrogen and oxygen atoms in total. The lowest BCUT2D eigenvalue weighted by Gasteiger charge is -2.17. The number of hydrogen-bond acceptors (Lipinski definition) is 3. The van der Waals surface area contributed by atoms with E-state index in [1.165, 1.54) is 0 Å². The minimum atomic E-state index is -1.03. The Bertz CT molecular complexity index is 652. The summed E-state index contributed by atoms with van der Waals surface area (Å²) in [6, 6.07) is 12.2. The van der Waals surface area contributed by atoms with Gasteiger partial charge in [-0.15, -0.1) is 0 Å².